The van der Waals surface area contributed by atoms with Crippen LogP contribution in [-0.2, 0) is 6.42 Å². The van der Waals surface area contributed by atoms with Crippen molar-refractivity contribution < 1.29 is 0 Å². The van der Waals surface area contributed by atoms with Crippen LogP contribution in [0.4, 0.5) is 0 Å². The first-order valence-electron chi connectivity index (χ1n) is 7.21. The molecular weight excluding hydrogens is 240 g/mol. The molecule has 1 aromatic rings. The third kappa shape index (κ3) is 2.94. The molecule has 1 saturated carbocycles. The number of aromatic nitrogens is 1. The molecule has 2 nitrogen and oxygen atoms in total. The SMILES string of the molecule is CCC1CCC(CN)(Cc2nc(C)c(C)s2)CC1. The average Bonchev–Trinajstić information content (AvgIpc) is 2.69. The van der Waals surface area contributed by atoms with Gasteiger partial charge in [0.15, 0.2) is 0 Å². The largest absolute Gasteiger partial charge is 0.330 e. The van der Waals surface area contributed by atoms with Crippen molar-refractivity contribution in [3.05, 3.63) is 15.6 Å². The summed E-state index contributed by atoms with van der Waals surface area (Å²) < 4.78 is 0. The van der Waals surface area contributed by atoms with E-state index in [1.54, 1.807) is 0 Å². The Bertz CT molecular complexity index is 370. The molecule has 0 bridgehead atoms. The number of hydrogen-bond donors (Lipinski definition) is 1. The fourth-order valence-electron chi connectivity index (χ4n) is 3.09. The van der Waals surface area contributed by atoms with Crippen LogP contribution in [0.3, 0.4) is 0 Å². The maximum absolute atomic E-state index is 6.09. The fourth-order valence-corrected chi connectivity index (χ4v) is 4.19. The van der Waals surface area contributed by atoms with Gasteiger partial charge in [-0.15, -0.1) is 11.3 Å². The van der Waals surface area contributed by atoms with Crippen LogP contribution in [0.15, 0.2) is 0 Å². The lowest BCUT2D eigenvalue weighted by Gasteiger charge is -2.39. The van der Waals surface area contributed by atoms with Crippen molar-refractivity contribution in [3.8, 4) is 0 Å². The molecule has 0 aliphatic heterocycles. The lowest BCUT2D eigenvalue weighted by Crippen LogP contribution is -2.36. The van der Waals surface area contributed by atoms with Gasteiger partial charge in [-0.2, -0.15) is 0 Å². The highest BCUT2D eigenvalue weighted by Crippen LogP contribution is 2.42. The van der Waals surface area contributed by atoms with Crippen LogP contribution < -0.4 is 5.73 Å². The molecule has 2 N–H and O–H groups in total. The summed E-state index contributed by atoms with van der Waals surface area (Å²) in [5, 5.41) is 1.30. The van der Waals surface area contributed by atoms with Gasteiger partial charge in [-0.3, -0.25) is 0 Å². The molecule has 1 aliphatic carbocycles. The van der Waals surface area contributed by atoms with Crippen LogP contribution in [0.5, 0.6) is 0 Å². The maximum Gasteiger partial charge on any atom is 0.0936 e. The number of thiazole rings is 1. The Morgan fingerprint density at radius 1 is 1.33 bits per heavy atom. The van der Waals surface area contributed by atoms with Gasteiger partial charge in [0.2, 0.25) is 0 Å². The summed E-state index contributed by atoms with van der Waals surface area (Å²) >= 11 is 1.86. The molecule has 0 unspecified atom stereocenters. The molecule has 1 heterocycles. The first kappa shape index (κ1) is 14.0. The lowest BCUT2D eigenvalue weighted by atomic mass is 9.68. The van der Waals surface area contributed by atoms with E-state index in [4.69, 9.17) is 10.7 Å². The Morgan fingerprint density at radius 3 is 2.44 bits per heavy atom. The number of rotatable bonds is 4. The predicted octanol–water partition coefficient (Wildman–Crippen LogP) is 3.85. The Hall–Kier alpha value is -0.410. The molecule has 0 spiro atoms. The zero-order valence-electron chi connectivity index (χ0n) is 12.0. The second-order valence-electron chi connectivity index (χ2n) is 5.98. The van der Waals surface area contributed by atoms with Crippen molar-refractivity contribution in [2.24, 2.45) is 17.1 Å². The smallest absolute Gasteiger partial charge is 0.0936 e. The topological polar surface area (TPSA) is 38.9 Å². The molecule has 3 heteroatoms. The molecule has 0 amide bonds. The van der Waals surface area contributed by atoms with Crippen LogP contribution >= 0.6 is 11.3 Å². The first-order chi connectivity index (χ1) is 8.58. The molecule has 18 heavy (non-hydrogen) atoms. The van der Waals surface area contributed by atoms with Crippen molar-refractivity contribution in [2.45, 2.75) is 59.3 Å². The molecule has 0 atom stereocenters. The number of nitrogens with zero attached hydrogens (tertiary/aromatic N) is 1. The minimum Gasteiger partial charge on any atom is -0.330 e. The summed E-state index contributed by atoms with van der Waals surface area (Å²) in [6.45, 7) is 7.41. The third-order valence-corrected chi connectivity index (χ3v) is 5.85. The van der Waals surface area contributed by atoms with Gasteiger partial charge in [-0.1, -0.05) is 13.3 Å². The fraction of sp³-hybridized carbons (Fsp3) is 0.800. The van der Waals surface area contributed by atoms with Crippen molar-refractivity contribution in [1.82, 2.24) is 4.98 Å². The molecule has 0 aromatic carbocycles. The number of aryl methyl sites for hydroxylation is 2. The summed E-state index contributed by atoms with van der Waals surface area (Å²) in [4.78, 5) is 6.06. The summed E-state index contributed by atoms with van der Waals surface area (Å²) in [5.74, 6) is 0.935. The molecule has 0 radical (unpaired) electrons. The van der Waals surface area contributed by atoms with Gasteiger partial charge >= 0.3 is 0 Å². The summed E-state index contributed by atoms with van der Waals surface area (Å²) in [6, 6.07) is 0. The van der Waals surface area contributed by atoms with Gasteiger partial charge in [0.05, 0.1) is 10.7 Å². The highest BCUT2D eigenvalue weighted by atomic mass is 32.1. The minimum absolute atomic E-state index is 0.336. The van der Waals surface area contributed by atoms with Gasteiger partial charge in [0.1, 0.15) is 0 Å². The van der Waals surface area contributed by atoms with Crippen molar-refractivity contribution in [3.63, 3.8) is 0 Å². The summed E-state index contributed by atoms with van der Waals surface area (Å²) in [5.41, 5.74) is 7.63. The van der Waals surface area contributed by atoms with Gasteiger partial charge < -0.3 is 5.73 Å². The molecule has 1 fully saturated rings. The Kier molecular flexibility index (Phi) is 4.44. The van der Waals surface area contributed by atoms with Gasteiger partial charge in [-0.25, -0.2) is 4.98 Å². The molecule has 1 aliphatic rings. The lowest BCUT2D eigenvalue weighted by molar-refractivity contribution is 0.153. The van der Waals surface area contributed by atoms with Crippen molar-refractivity contribution in [1.29, 1.82) is 0 Å². The van der Waals surface area contributed by atoms with E-state index in [0.29, 0.717) is 5.41 Å². The van der Waals surface area contributed by atoms with E-state index in [1.807, 2.05) is 11.3 Å². The maximum atomic E-state index is 6.09. The monoisotopic (exact) mass is 266 g/mol. The van der Waals surface area contributed by atoms with E-state index in [-0.39, 0.29) is 0 Å². The van der Waals surface area contributed by atoms with Crippen LogP contribution in [0.1, 0.15) is 54.6 Å². The van der Waals surface area contributed by atoms with Crippen LogP contribution in [-0.4, -0.2) is 11.5 Å². The molecule has 1 aromatic heterocycles. The predicted molar refractivity (Wildman–Crippen MR) is 79.0 cm³/mol. The zero-order valence-corrected chi connectivity index (χ0v) is 12.8. The number of hydrogen-bond acceptors (Lipinski definition) is 3. The third-order valence-electron chi connectivity index (χ3n) is 4.78. The van der Waals surface area contributed by atoms with Gasteiger partial charge in [0.25, 0.3) is 0 Å². The van der Waals surface area contributed by atoms with Crippen LogP contribution in [0, 0.1) is 25.2 Å². The van der Waals surface area contributed by atoms with Crippen molar-refractivity contribution in [2.75, 3.05) is 6.54 Å². The van der Waals surface area contributed by atoms with Gasteiger partial charge in [0, 0.05) is 11.3 Å². The van der Waals surface area contributed by atoms with Crippen LogP contribution in [0.2, 0.25) is 0 Å². The highest BCUT2D eigenvalue weighted by Gasteiger charge is 2.34. The quantitative estimate of drug-likeness (QED) is 0.899. The summed E-state index contributed by atoms with van der Waals surface area (Å²) in [7, 11) is 0. The molecule has 2 rings (SSSR count). The zero-order chi connectivity index (χ0) is 13.2. The van der Waals surface area contributed by atoms with E-state index in [9.17, 15) is 0 Å². The summed E-state index contributed by atoms with van der Waals surface area (Å²) in [6.07, 6.45) is 7.73. The molecular formula is C15H26N2S. The Balaban J connectivity index is 2.05. The normalized spacial score (nSPS) is 28.6. The Morgan fingerprint density at radius 2 is 2.00 bits per heavy atom. The number of nitrogens with two attached hydrogens (primary N) is 1. The highest BCUT2D eigenvalue weighted by molar-refractivity contribution is 7.11. The Labute approximate surface area is 115 Å². The first-order valence-corrected chi connectivity index (χ1v) is 8.03. The standard InChI is InChI=1S/C15H26N2S/c1-4-13-5-7-15(10-16,8-6-13)9-14-17-11(2)12(3)18-14/h13H,4-10,16H2,1-3H3. The van der Waals surface area contributed by atoms with E-state index in [1.165, 1.54) is 47.7 Å². The van der Waals surface area contributed by atoms with Crippen LogP contribution in [0.25, 0.3) is 0 Å². The second-order valence-corrected chi connectivity index (χ2v) is 7.27. The van der Waals surface area contributed by atoms with Crippen molar-refractivity contribution >= 4 is 11.3 Å². The average molecular weight is 266 g/mol. The van der Waals surface area contributed by atoms with Gasteiger partial charge in [-0.05, 0) is 57.4 Å². The molecule has 0 saturated heterocycles. The van der Waals surface area contributed by atoms with E-state index < -0.39 is 0 Å². The van der Waals surface area contributed by atoms with E-state index in [0.717, 1.165) is 18.9 Å². The van der Waals surface area contributed by atoms with E-state index >= 15 is 0 Å². The van der Waals surface area contributed by atoms with E-state index in [2.05, 4.69) is 20.8 Å². The molecule has 102 valence electrons. The minimum atomic E-state index is 0.336. The second kappa shape index (κ2) is 5.70.